The summed E-state index contributed by atoms with van der Waals surface area (Å²) in [5.41, 5.74) is 1.68. The number of hydrogen-bond acceptors (Lipinski definition) is 7. The van der Waals surface area contributed by atoms with Crippen LogP contribution < -0.4 is 14.1 Å². The fourth-order valence-corrected chi connectivity index (χ4v) is 6.04. The molecule has 2 amide bonds. The van der Waals surface area contributed by atoms with Crippen LogP contribution in [0.5, 0.6) is 5.75 Å². The lowest BCUT2D eigenvalue weighted by atomic mass is 9.90. The number of imide groups is 1. The van der Waals surface area contributed by atoms with Crippen molar-refractivity contribution in [3.8, 4) is 5.75 Å². The summed E-state index contributed by atoms with van der Waals surface area (Å²) in [6.45, 7) is 0. The average molecular weight is 561 g/mol. The van der Waals surface area contributed by atoms with Crippen molar-refractivity contribution in [2.24, 2.45) is 5.92 Å². The Hall–Kier alpha value is -4.18. The number of para-hydroxylation sites is 1. The van der Waals surface area contributed by atoms with Gasteiger partial charge >= 0.3 is 10.1 Å². The van der Waals surface area contributed by atoms with Crippen molar-refractivity contribution in [3.05, 3.63) is 120 Å². The Labute approximate surface area is 230 Å². The topological polar surface area (TPSA) is 93.2 Å². The second-order valence-corrected chi connectivity index (χ2v) is 11.1. The first-order valence-electron chi connectivity index (χ1n) is 12.1. The van der Waals surface area contributed by atoms with Crippen molar-refractivity contribution < 1.29 is 27.0 Å². The predicted molar refractivity (Wildman–Crippen MR) is 145 cm³/mol. The molecule has 2 fully saturated rings. The van der Waals surface area contributed by atoms with Crippen molar-refractivity contribution in [1.29, 1.82) is 0 Å². The van der Waals surface area contributed by atoms with Crippen LogP contribution in [0.2, 0.25) is 5.02 Å². The van der Waals surface area contributed by atoms with E-state index in [2.05, 4.69) is 0 Å². The molecule has 6 rings (SSSR count). The SMILES string of the molecule is O=C1C2ON(c3ccccc3)C(c3ccc(OS(=O)(=O)c4ccccc4)cc3)C2C(=O)N1c1cccc(Cl)c1. The van der Waals surface area contributed by atoms with Crippen LogP contribution in [0.25, 0.3) is 0 Å². The highest BCUT2D eigenvalue weighted by Crippen LogP contribution is 2.48. The van der Waals surface area contributed by atoms with E-state index in [4.69, 9.17) is 20.6 Å². The summed E-state index contributed by atoms with van der Waals surface area (Å²) < 4.78 is 30.6. The van der Waals surface area contributed by atoms with E-state index < -0.39 is 40.0 Å². The van der Waals surface area contributed by atoms with E-state index in [0.29, 0.717) is 22.0 Å². The molecule has 0 bridgehead atoms. The molecule has 0 saturated carbocycles. The Morgan fingerprint density at radius 3 is 2.05 bits per heavy atom. The predicted octanol–water partition coefficient (Wildman–Crippen LogP) is 5.16. The summed E-state index contributed by atoms with van der Waals surface area (Å²) in [6.07, 6.45) is -1.05. The third-order valence-electron chi connectivity index (χ3n) is 6.65. The normalized spacial score (nSPS) is 20.8. The van der Waals surface area contributed by atoms with Crippen LogP contribution >= 0.6 is 11.6 Å². The highest BCUT2D eigenvalue weighted by atomic mass is 35.5. The minimum atomic E-state index is -4.02. The van der Waals surface area contributed by atoms with Crippen LogP contribution in [0.1, 0.15) is 11.6 Å². The van der Waals surface area contributed by atoms with E-state index in [1.807, 2.05) is 30.3 Å². The molecular formula is C29H21ClN2O6S. The smallest absolute Gasteiger partial charge is 0.339 e. The molecule has 4 aromatic carbocycles. The lowest BCUT2D eigenvalue weighted by Crippen LogP contribution is -2.37. The van der Waals surface area contributed by atoms with E-state index in [0.717, 1.165) is 4.90 Å². The number of fused-ring (bicyclic) bond motifs is 1. The minimum Gasteiger partial charge on any atom is -0.379 e. The number of hydrogen-bond donors (Lipinski definition) is 0. The van der Waals surface area contributed by atoms with Gasteiger partial charge in [-0.15, -0.1) is 0 Å². The van der Waals surface area contributed by atoms with Gasteiger partial charge in [-0.05, 0) is 60.2 Å². The Kier molecular flexibility index (Phi) is 6.34. The fourth-order valence-electron chi connectivity index (χ4n) is 4.90. The number of rotatable bonds is 6. The Balaban J connectivity index is 1.35. The van der Waals surface area contributed by atoms with Gasteiger partial charge in [0, 0.05) is 5.02 Å². The quantitative estimate of drug-likeness (QED) is 0.237. The first-order chi connectivity index (χ1) is 18.8. The van der Waals surface area contributed by atoms with Gasteiger partial charge in [0.15, 0.2) is 6.10 Å². The molecule has 0 spiro atoms. The molecule has 2 heterocycles. The molecule has 196 valence electrons. The van der Waals surface area contributed by atoms with Gasteiger partial charge < -0.3 is 4.18 Å². The van der Waals surface area contributed by atoms with Crippen LogP contribution in [0.3, 0.4) is 0 Å². The Morgan fingerprint density at radius 2 is 1.38 bits per heavy atom. The number of amides is 2. The monoisotopic (exact) mass is 560 g/mol. The van der Waals surface area contributed by atoms with Gasteiger partial charge in [-0.3, -0.25) is 14.4 Å². The van der Waals surface area contributed by atoms with Gasteiger partial charge in [0.25, 0.3) is 5.91 Å². The molecule has 8 nitrogen and oxygen atoms in total. The summed E-state index contributed by atoms with van der Waals surface area (Å²) in [4.78, 5) is 34.4. The van der Waals surface area contributed by atoms with Crippen molar-refractivity contribution >= 4 is 44.9 Å². The van der Waals surface area contributed by atoms with Crippen molar-refractivity contribution in [1.82, 2.24) is 0 Å². The summed E-state index contributed by atoms with van der Waals surface area (Å²) in [5, 5.41) is 1.96. The molecule has 3 atom stereocenters. The highest BCUT2D eigenvalue weighted by molar-refractivity contribution is 7.87. The van der Waals surface area contributed by atoms with E-state index in [-0.39, 0.29) is 10.6 Å². The third kappa shape index (κ3) is 4.54. The van der Waals surface area contributed by atoms with Crippen molar-refractivity contribution in [2.75, 3.05) is 9.96 Å². The first kappa shape index (κ1) is 25.1. The molecule has 39 heavy (non-hydrogen) atoms. The van der Waals surface area contributed by atoms with Crippen LogP contribution in [0.4, 0.5) is 11.4 Å². The molecule has 0 aromatic heterocycles. The van der Waals surface area contributed by atoms with Crippen LogP contribution in [0, 0.1) is 5.92 Å². The summed E-state index contributed by atoms with van der Waals surface area (Å²) in [6, 6.07) is 29.2. The Bertz CT molecular complexity index is 1650. The van der Waals surface area contributed by atoms with Gasteiger partial charge in [0.1, 0.15) is 16.6 Å². The lowest BCUT2D eigenvalue weighted by Gasteiger charge is -2.28. The zero-order chi connectivity index (χ0) is 27.1. The second kappa shape index (κ2) is 9.85. The van der Waals surface area contributed by atoms with E-state index in [1.165, 1.54) is 24.3 Å². The number of carbonyl (C=O) groups excluding carboxylic acids is 2. The molecule has 2 saturated heterocycles. The standard InChI is InChI=1S/C29H21ClN2O6S/c30-20-8-7-11-22(18-20)31-28(33)25-26(32(37-27(25)29(31)34)21-9-3-1-4-10-21)19-14-16-23(17-15-19)38-39(35,36)24-12-5-2-6-13-24/h1-18,25-27H. The molecule has 3 unspecified atom stereocenters. The number of hydroxylamine groups is 1. The second-order valence-electron chi connectivity index (χ2n) is 9.07. The van der Waals surface area contributed by atoms with Crippen LogP contribution in [-0.2, 0) is 24.5 Å². The molecule has 0 radical (unpaired) electrons. The van der Waals surface area contributed by atoms with Gasteiger partial charge in [-0.25, -0.2) is 9.96 Å². The molecule has 0 N–H and O–H groups in total. The summed E-state index contributed by atoms with van der Waals surface area (Å²) in [7, 11) is -4.02. The molecule has 0 aliphatic carbocycles. The number of anilines is 2. The average Bonchev–Trinajstić information content (AvgIpc) is 3.45. The fraction of sp³-hybridized carbons (Fsp3) is 0.103. The van der Waals surface area contributed by atoms with Crippen molar-refractivity contribution in [2.45, 2.75) is 17.0 Å². The maximum absolute atomic E-state index is 13.7. The zero-order valence-electron chi connectivity index (χ0n) is 20.3. The molecule has 2 aliphatic rings. The maximum atomic E-state index is 13.7. The van der Waals surface area contributed by atoms with E-state index >= 15 is 0 Å². The van der Waals surface area contributed by atoms with Gasteiger partial charge in [-0.2, -0.15) is 8.42 Å². The number of carbonyl (C=O) groups is 2. The van der Waals surface area contributed by atoms with Crippen LogP contribution in [0.15, 0.2) is 114 Å². The van der Waals surface area contributed by atoms with Gasteiger partial charge in [-0.1, -0.05) is 66.2 Å². The van der Waals surface area contributed by atoms with Crippen LogP contribution in [-0.4, -0.2) is 26.3 Å². The van der Waals surface area contributed by atoms with E-state index in [9.17, 15) is 18.0 Å². The third-order valence-corrected chi connectivity index (χ3v) is 8.15. The minimum absolute atomic E-state index is 0.0348. The molecule has 4 aromatic rings. The molecular weight excluding hydrogens is 540 g/mol. The zero-order valence-corrected chi connectivity index (χ0v) is 21.8. The largest absolute Gasteiger partial charge is 0.379 e. The number of halogens is 1. The van der Waals surface area contributed by atoms with Gasteiger partial charge in [0.05, 0.1) is 17.4 Å². The summed E-state index contributed by atoms with van der Waals surface area (Å²) in [5.74, 6) is -1.64. The maximum Gasteiger partial charge on any atom is 0.339 e. The van der Waals surface area contributed by atoms with Crippen molar-refractivity contribution in [3.63, 3.8) is 0 Å². The Morgan fingerprint density at radius 1 is 0.744 bits per heavy atom. The lowest BCUT2D eigenvalue weighted by molar-refractivity contribution is -0.126. The summed E-state index contributed by atoms with van der Waals surface area (Å²) >= 11 is 6.12. The highest BCUT2D eigenvalue weighted by Gasteiger charge is 2.60. The number of nitrogens with zero attached hydrogens (tertiary/aromatic N) is 2. The molecule has 10 heteroatoms. The first-order valence-corrected chi connectivity index (χ1v) is 13.9. The van der Waals surface area contributed by atoms with Gasteiger partial charge in [0.2, 0.25) is 5.91 Å². The number of benzene rings is 4. The van der Waals surface area contributed by atoms with E-state index in [1.54, 1.807) is 59.7 Å². The molecule has 2 aliphatic heterocycles.